The van der Waals surface area contributed by atoms with E-state index < -0.39 is 0 Å². The number of carbonyl (C=O) groups excluding carboxylic acids is 1. The fourth-order valence-electron chi connectivity index (χ4n) is 1.53. The highest BCUT2D eigenvalue weighted by atomic mass is 32.1. The number of aryl methyl sites for hydroxylation is 1. The van der Waals surface area contributed by atoms with Crippen molar-refractivity contribution in [3.63, 3.8) is 0 Å². The van der Waals surface area contributed by atoms with Crippen molar-refractivity contribution in [1.82, 2.24) is 0 Å². The van der Waals surface area contributed by atoms with E-state index in [0.717, 1.165) is 10.4 Å². The van der Waals surface area contributed by atoms with Crippen LogP contribution in [-0.2, 0) is 6.42 Å². The van der Waals surface area contributed by atoms with E-state index in [4.69, 9.17) is 0 Å². The summed E-state index contributed by atoms with van der Waals surface area (Å²) in [5.41, 5.74) is 2.29. The minimum Gasteiger partial charge on any atom is -0.293 e. The Labute approximate surface area is 93.4 Å². The van der Waals surface area contributed by atoms with E-state index in [2.05, 4.69) is 6.07 Å². The molecule has 0 aliphatic heterocycles. The molecule has 0 spiro atoms. The van der Waals surface area contributed by atoms with Gasteiger partial charge in [0.15, 0.2) is 5.78 Å². The van der Waals surface area contributed by atoms with Gasteiger partial charge in [-0.1, -0.05) is 35.9 Å². The highest BCUT2D eigenvalue weighted by molar-refractivity contribution is 7.12. The van der Waals surface area contributed by atoms with Crippen LogP contribution in [0.3, 0.4) is 0 Å². The molecular weight excluding hydrogens is 204 g/mol. The fourth-order valence-corrected chi connectivity index (χ4v) is 2.20. The summed E-state index contributed by atoms with van der Waals surface area (Å²) in [5, 5.41) is 1.93. The summed E-state index contributed by atoms with van der Waals surface area (Å²) in [5.74, 6) is 0.204. The molecule has 0 N–H and O–H groups in total. The first kappa shape index (κ1) is 10.1. The monoisotopic (exact) mass is 216 g/mol. The van der Waals surface area contributed by atoms with Gasteiger partial charge in [0.2, 0.25) is 0 Å². The zero-order chi connectivity index (χ0) is 10.7. The van der Waals surface area contributed by atoms with Gasteiger partial charge in [-0.25, -0.2) is 0 Å². The Morgan fingerprint density at radius 2 is 2.13 bits per heavy atom. The molecule has 0 atom stereocenters. The molecule has 0 amide bonds. The number of carbonyl (C=O) groups is 1. The highest BCUT2D eigenvalue weighted by Gasteiger charge is 2.07. The van der Waals surface area contributed by atoms with Gasteiger partial charge in [-0.3, -0.25) is 4.79 Å². The van der Waals surface area contributed by atoms with E-state index in [1.54, 1.807) is 0 Å². The van der Waals surface area contributed by atoms with Crippen LogP contribution in [0, 0.1) is 6.92 Å². The van der Waals surface area contributed by atoms with Gasteiger partial charge < -0.3 is 0 Å². The van der Waals surface area contributed by atoms with E-state index in [9.17, 15) is 4.79 Å². The molecule has 1 nitrogen and oxygen atoms in total. The second-order valence-corrected chi connectivity index (χ2v) is 4.51. The van der Waals surface area contributed by atoms with Crippen molar-refractivity contribution in [3.8, 4) is 0 Å². The Morgan fingerprint density at radius 3 is 2.80 bits per heavy atom. The highest BCUT2D eigenvalue weighted by Crippen LogP contribution is 2.13. The molecule has 2 rings (SSSR count). The van der Waals surface area contributed by atoms with Crippen molar-refractivity contribution in [2.45, 2.75) is 13.3 Å². The largest absolute Gasteiger partial charge is 0.293 e. The Balaban J connectivity index is 2.13. The summed E-state index contributed by atoms with van der Waals surface area (Å²) in [6, 6.07) is 11.9. The summed E-state index contributed by atoms with van der Waals surface area (Å²) in [6.07, 6.45) is 0.502. The smallest absolute Gasteiger partial charge is 0.177 e. The maximum absolute atomic E-state index is 11.8. The zero-order valence-electron chi connectivity index (χ0n) is 8.57. The fraction of sp³-hybridized carbons (Fsp3) is 0.154. The van der Waals surface area contributed by atoms with Gasteiger partial charge in [0.05, 0.1) is 4.88 Å². The third kappa shape index (κ3) is 2.54. The van der Waals surface area contributed by atoms with E-state index >= 15 is 0 Å². The van der Waals surface area contributed by atoms with Gasteiger partial charge in [-0.15, -0.1) is 11.3 Å². The van der Waals surface area contributed by atoms with E-state index in [0.29, 0.717) is 6.42 Å². The quantitative estimate of drug-likeness (QED) is 0.718. The van der Waals surface area contributed by atoms with E-state index in [1.165, 1.54) is 16.9 Å². The van der Waals surface area contributed by atoms with Gasteiger partial charge in [-0.05, 0) is 23.9 Å². The Morgan fingerprint density at radius 1 is 1.27 bits per heavy atom. The van der Waals surface area contributed by atoms with Crippen LogP contribution >= 0.6 is 11.3 Å². The molecule has 2 aromatic rings. The molecule has 0 bridgehead atoms. The van der Waals surface area contributed by atoms with Crippen LogP contribution < -0.4 is 0 Å². The van der Waals surface area contributed by atoms with Gasteiger partial charge in [0.1, 0.15) is 0 Å². The molecule has 1 aromatic heterocycles. The Kier molecular flexibility index (Phi) is 2.97. The summed E-state index contributed by atoms with van der Waals surface area (Å²) < 4.78 is 0. The number of ketones is 1. The second-order valence-electron chi connectivity index (χ2n) is 3.57. The van der Waals surface area contributed by atoms with Crippen molar-refractivity contribution >= 4 is 17.1 Å². The molecule has 1 aromatic carbocycles. The summed E-state index contributed by atoms with van der Waals surface area (Å²) in [7, 11) is 0. The standard InChI is InChI=1S/C13H12OS/c1-10-4-2-5-11(8-10)9-12(14)13-6-3-7-15-13/h2-8H,9H2,1H3. The van der Waals surface area contributed by atoms with Crippen LogP contribution in [0.1, 0.15) is 20.8 Å². The number of hydrogen-bond donors (Lipinski definition) is 0. The molecule has 0 saturated carbocycles. The lowest BCUT2D eigenvalue weighted by atomic mass is 10.1. The predicted molar refractivity (Wildman–Crippen MR) is 63.5 cm³/mol. The summed E-state index contributed by atoms with van der Waals surface area (Å²) in [6.45, 7) is 2.04. The van der Waals surface area contributed by atoms with Gasteiger partial charge in [0.25, 0.3) is 0 Å². The molecular formula is C13H12OS. The first-order valence-corrected chi connectivity index (χ1v) is 5.76. The van der Waals surface area contributed by atoms with Crippen LogP contribution in [0.5, 0.6) is 0 Å². The van der Waals surface area contributed by atoms with E-state index in [1.807, 2.05) is 42.6 Å². The maximum atomic E-state index is 11.8. The van der Waals surface area contributed by atoms with Crippen LogP contribution in [-0.4, -0.2) is 5.78 Å². The van der Waals surface area contributed by atoms with Gasteiger partial charge >= 0.3 is 0 Å². The Hall–Kier alpha value is -1.41. The molecule has 0 aliphatic rings. The molecule has 0 aliphatic carbocycles. The molecule has 0 radical (unpaired) electrons. The molecule has 2 heteroatoms. The Bertz CT molecular complexity index is 457. The summed E-state index contributed by atoms with van der Waals surface area (Å²) in [4.78, 5) is 12.6. The van der Waals surface area contributed by atoms with Gasteiger partial charge in [-0.2, -0.15) is 0 Å². The molecule has 0 saturated heterocycles. The normalized spacial score (nSPS) is 10.2. The van der Waals surface area contributed by atoms with Crippen LogP contribution in [0.15, 0.2) is 41.8 Å². The first-order chi connectivity index (χ1) is 7.25. The van der Waals surface area contributed by atoms with Gasteiger partial charge in [0, 0.05) is 6.42 Å². The molecule has 1 heterocycles. The first-order valence-electron chi connectivity index (χ1n) is 4.88. The minimum atomic E-state index is 0.204. The number of hydrogen-bond acceptors (Lipinski definition) is 2. The molecule has 0 fully saturated rings. The number of Topliss-reactive ketones (excluding diaryl/α,β-unsaturated/α-hetero) is 1. The number of thiophene rings is 1. The molecule has 0 unspecified atom stereocenters. The lowest BCUT2D eigenvalue weighted by Crippen LogP contribution is -2.00. The van der Waals surface area contributed by atoms with Crippen LogP contribution in [0.2, 0.25) is 0 Å². The van der Waals surface area contributed by atoms with Crippen molar-refractivity contribution in [3.05, 3.63) is 57.8 Å². The topological polar surface area (TPSA) is 17.1 Å². The maximum Gasteiger partial charge on any atom is 0.177 e. The average molecular weight is 216 g/mol. The molecule has 15 heavy (non-hydrogen) atoms. The zero-order valence-corrected chi connectivity index (χ0v) is 9.38. The van der Waals surface area contributed by atoms with E-state index in [-0.39, 0.29) is 5.78 Å². The lowest BCUT2D eigenvalue weighted by Gasteiger charge is -2.00. The second kappa shape index (κ2) is 4.41. The van der Waals surface area contributed by atoms with Crippen molar-refractivity contribution < 1.29 is 4.79 Å². The third-order valence-electron chi connectivity index (χ3n) is 2.24. The lowest BCUT2D eigenvalue weighted by molar-refractivity contribution is 0.0997. The van der Waals surface area contributed by atoms with Crippen molar-refractivity contribution in [1.29, 1.82) is 0 Å². The molecule has 76 valence electrons. The number of benzene rings is 1. The SMILES string of the molecule is Cc1cccc(CC(=O)c2cccs2)c1. The predicted octanol–water partition coefficient (Wildman–Crippen LogP) is 3.48. The van der Waals surface area contributed by atoms with Crippen molar-refractivity contribution in [2.24, 2.45) is 0 Å². The number of rotatable bonds is 3. The average Bonchev–Trinajstić information content (AvgIpc) is 2.70. The summed E-state index contributed by atoms with van der Waals surface area (Å²) >= 11 is 1.50. The van der Waals surface area contributed by atoms with Crippen LogP contribution in [0.4, 0.5) is 0 Å². The third-order valence-corrected chi connectivity index (χ3v) is 3.15. The minimum absolute atomic E-state index is 0.204. The van der Waals surface area contributed by atoms with Crippen molar-refractivity contribution in [2.75, 3.05) is 0 Å². The van der Waals surface area contributed by atoms with Crippen LogP contribution in [0.25, 0.3) is 0 Å².